The van der Waals surface area contributed by atoms with Gasteiger partial charge in [0, 0.05) is 64.9 Å². The number of carbonyl (C=O) groups is 1. The second kappa shape index (κ2) is 12.3. The standard InChI is InChI=1S/C33H36ClF2N5O3S/c1-3-28(42)39-10-11-40(19(2)15-39)32-25-14-26(34)29(24-5-4-21(35)13-27(24)36)31-30(25)41(33(43)37-32)22(18-45-31)12-20-6-8-38(9-7-20)23-16-44-17-23/h3-5,13-14,19-20,22-23H,1,6-12,15-18H2,2H3/t19-,22-/m0/s1. The molecule has 12 heteroatoms. The second-order valence-corrected chi connectivity index (χ2v) is 14.0. The van der Waals surface area contributed by atoms with Crippen molar-refractivity contribution in [3.05, 3.63) is 64.1 Å². The molecule has 238 valence electrons. The Bertz CT molecular complexity index is 1720. The first kappa shape index (κ1) is 30.7. The zero-order valence-electron chi connectivity index (χ0n) is 25.2. The Morgan fingerprint density at radius 1 is 1.18 bits per heavy atom. The molecular weight excluding hydrogens is 620 g/mol. The van der Waals surface area contributed by atoms with Crippen molar-refractivity contribution < 1.29 is 18.3 Å². The predicted molar refractivity (Wildman–Crippen MR) is 173 cm³/mol. The summed E-state index contributed by atoms with van der Waals surface area (Å²) in [5.74, 6) is 0.0834. The molecule has 0 unspecified atom stereocenters. The lowest BCUT2D eigenvalue weighted by Gasteiger charge is -2.42. The fraction of sp³-hybridized carbons (Fsp3) is 0.485. The Labute approximate surface area is 270 Å². The largest absolute Gasteiger partial charge is 0.378 e. The number of carbonyl (C=O) groups excluding carboxylic acids is 1. The van der Waals surface area contributed by atoms with Crippen molar-refractivity contribution in [2.24, 2.45) is 5.92 Å². The molecule has 0 radical (unpaired) electrons. The van der Waals surface area contributed by atoms with Crippen LogP contribution in [0.25, 0.3) is 22.0 Å². The molecule has 2 atom stereocenters. The van der Waals surface area contributed by atoms with Crippen molar-refractivity contribution in [2.75, 3.05) is 56.6 Å². The van der Waals surface area contributed by atoms with Gasteiger partial charge in [-0.05, 0) is 69.5 Å². The maximum absolute atomic E-state index is 15.2. The molecule has 0 N–H and O–H groups in total. The zero-order valence-corrected chi connectivity index (χ0v) is 26.8. The number of rotatable bonds is 6. The summed E-state index contributed by atoms with van der Waals surface area (Å²) in [5, 5.41) is 1.02. The van der Waals surface area contributed by atoms with Crippen molar-refractivity contribution in [3.63, 3.8) is 0 Å². The third-order valence-electron chi connectivity index (χ3n) is 9.86. The summed E-state index contributed by atoms with van der Waals surface area (Å²) >= 11 is 8.52. The molecule has 4 aliphatic heterocycles. The van der Waals surface area contributed by atoms with Crippen molar-refractivity contribution in [1.29, 1.82) is 0 Å². The van der Waals surface area contributed by atoms with Crippen LogP contribution in [0.4, 0.5) is 14.6 Å². The fourth-order valence-electron chi connectivity index (χ4n) is 7.37. The van der Waals surface area contributed by atoms with Crippen LogP contribution in [-0.2, 0) is 9.53 Å². The minimum absolute atomic E-state index is 0.0887. The minimum atomic E-state index is -0.710. The first-order chi connectivity index (χ1) is 21.7. The number of benzene rings is 2. The van der Waals surface area contributed by atoms with Gasteiger partial charge in [0.05, 0.1) is 29.8 Å². The summed E-state index contributed by atoms with van der Waals surface area (Å²) in [6.07, 6.45) is 4.28. The molecule has 0 bridgehead atoms. The topological polar surface area (TPSA) is 70.9 Å². The molecule has 5 heterocycles. The molecule has 4 aliphatic rings. The van der Waals surface area contributed by atoms with Gasteiger partial charge in [0.25, 0.3) is 0 Å². The number of piperazine rings is 1. The van der Waals surface area contributed by atoms with E-state index in [2.05, 4.69) is 21.4 Å². The first-order valence-corrected chi connectivity index (χ1v) is 17.0. The number of piperidine rings is 1. The number of thioether (sulfide) groups is 1. The van der Waals surface area contributed by atoms with E-state index in [1.807, 2.05) is 6.92 Å². The Kier molecular flexibility index (Phi) is 8.39. The molecular formula is C33H36ClF2N5O3S. The molecule has 3 saturated heterocycles. The first-order valence-electron chi connectivity index (χ1n) is 15.6. The predicted octanol–water partition coefficient (Wildman–Crippen LogP) is 5.37. The lowest BCUT2D eigenvalue weighted by atomic mass is 9.89. The summed E-state index contributed by atoms with van der Waals surface area (Å²) in [7, 11) is 0. The Hall–Kier alpha value is -2.99. The number of amides is 1. The van der Waals surface area contributed by atoms with Crippen LogP contribution in [0.1, 0.15) is 32.2 Å². The lowest BCUT2D eigenvalue weighted by Crippen LogP contribution is -2.54. The Balaban J connectivity index is 1.31. The van der Waals surface area contributed by atoms with Gasteiger partial charge in [-0.3, -0.25) is 14.3 Å². The third-order valence-corrected chi connectivity index (χ3v) is 11.4. The highest BCUT2D eigenvalue weighted by atomic mass is 35.5. The van der Waals surface area contributed by atoms with Gasteiger partial charge in [0.15, 0.2) is 0 Å². The molecule has 45 heavy (non-hydrogen) atoms. The molecule has 8 nitrogen and oxygen atoms in total. The van der Waals surface area contributed by atoms with Crippen molar-refractivity contribution >= 4 is 46.0 Å². The molecule has 0 aliphatic carbocycles. The van der Waals surface area contributed by atoms with Crippen molar-refractivity contribution in [1.82, 2.24) is 19.4 Å². The quantitative estimate of drug-likeness (QED) is 0.331. The second-order valence-electron chi connectivity index (χ2n) is 12.6. The Morgan fingerprint density at radius 3 is 2.62 bits per heavy atom. The van der Waals surface area contributed by atoms with Gasteiger partial charge in [-0.15, -0.1) is 11.8 Å². The van der Waals surface area contributed by atoms with Gasteiger partial charge >= 0.3 is 5.69 Å². The zero-order chi connectivity index (χ0) is 31.4. The molecule has 1 amide bonds. The van der Waals surface area contributed by atoms with E-state index >= 15 is 4.39 Å². The summed E-state index contributed by atoms with van der Waals surface area (Å²) in [6.45, 7) is 10.7. The van der Waals surface area contributed by atoms with Gasteiger partial charge in [0.1, 0.15) is 17.5 Å². The highest BCUT2D eigenvalue weighted by Gasteiger charge is 2.36. The normalized spacial score (nSPS) is 22.9. The molecule has 1 aromatic heterocycles. The van der Waals surface area contributed by atoms with Crippen LogP contribution >= 0.6 is 23.4 Å². The van der Waals surface area contributed by atoms with Gasteiger partial charge in [-0.1, -0.05) is 18.2 Å². The lowest BCUT2D eigenvalue weighted by molar-refractivity contribution is -0.126. The molecule has 3 aromatic rings. The molecule has 2 aromatic carbocycles. The van der Waals surface area contributed by atoms with E-state index in [1.165, 1.54) is 18.2 Å². The SMILES string of the molecule is C=CC(=O)N1CCN(c2nc(=O)n3c4c(c(-c5ccc(F)cc5F)c(Cl)cc24)SC[C@@H]3CC2CCN(C3COC3)CC2)[C@@H](C)C1. The summed E-state index contributed by atoms with van der Waals surface area (Å²) in [5.41, 5.74) is 0.993. The van der Waals surface area contributed by atoms with Crippen LogP contribution in [0, 0.1) is 17.6 Å². The van der Waals surface area contributed by atoms with E-state index in [0.717, 1.165) is 51.6 Å². The number of anilines is 1. The van der Waals surface area contributed by atoms with Crippen molar-refractivity contribution in [3.8, 4) is 11.1 Å². The molecule has 0 saturated carbocycles. The number of aromatic nitrogens is 2. The van der Waals surface area contributed by atoms with E-state index in [1.54, 1.807) is 27.3 Å². The highest BCUT2D eigenvalue weighted by Crippen LogP contribution is 2.49. The maximum atomic E-state index is 15.2. The maximum Gasteiger partial charge on any atom is 0.350 e. The average molecular weight is 656 g/mol. The highest BCUT2D eigenvalue weighted by molar-refractivity contribution is 7.99. The van der Waals surface area contributed by atoms with Crippen LogP contribution in [0.3, 0.4) is 0 Å². The molecule has 7 rings (SSSR count). The number of hydrogen-bond donors (Lipinski definition) is 0. The van der Waals surface area contributed by atoms with E-state index in [-0.39, 0.29) is 29.2 Å². The number of halogens is 3. The third kappa shape index (κ3) is 5.55. The van der Waals surface area contributed by atoms with Gasteiger partial charge in [0.2, 0.25) is 5.91 Å². The van der Waals surface area contributed by atoms with Crippen LogP contribution in [0.5, 0.6) is 0 Å². The minimum Gasteiger partial charge on any atom is -0.378 e. The summed E-state index contributed by atoms with van der Waals surface area (Å²) in [4.78, 5) is 38.1. The van der Waals surface area contributed by atoms with Gasteiger partial charge < -0.3 is 14.5 Å². The van der Waals surface area contributed by atoms with Crippen LogP contribution < -0.4 is 10.6 Å². The van der Waals surface area contributed by atoms with Crippen LogP contribution in [-0.4, -0.2) is 89.0 Å². The Morgan fingerprint density at radius 2 is 1.96 bits per heavy atom. The van der Waals surface area contributed by atoms with E-state index in [0.29, 0.717) is 69.5 Å². The molecule has 0 spiro atoms. The number of hydrogen-bond acceptors (Lipinski definition) is 7. The number of likely N-dealkylation sites (tertiary alicyclic amines) is 1. The van der Waals surface area contributed by atoms with E-state index in [4.69, 9.17) is 16.3 Å². The number of ether oxygens (including phenoxy) is 1. The van der Waals surface area contributed by atoms with E-state index < -0.39 is 11.6 Å². The summed E-state index contributed by atoms with van der Waals surface area (Å²) in [6, 6.07) is 5.57. The van der Waals surface area contributed by atoms with Gasteiger partial charge in [-0.2, -0.15) is 4.98 Å². The monoisotopic (exact) mass is 655 g/mol. The number of nitrogens with zero attached hydrogens (tertiary/aromatic N) is 5. The van der Waals surface area contributed by atoms with Crippen molar-refractivity contribution in [2.45, 2.75) is 49.2 Å². The van der Waals surface area contributed by atoms with Crippen LogP contribution in [0.15, 0.2) is 46.6 Å². The van der Waals surface area contributed by atoms with E-state index in [9.17, 15) is 14.0 Å². The molecule has 3 fully saturated rings. The smallest absolute Gasteiger partial charge is 0.350 e. The van der Waals surface area contributed by atoms with Crippen LogP contribution in [0.2, 0.25) is 5.02 Å². The fourth-order valence-corrected chi connectivity index (χ4v) is 9.08. The summed E-state index contributed by atoms with van der Waals surface area (Å²) < 4.78 is 36.4. The average Bonchev–Trinajstić information content (AvgIpc) is 2.99. The van der Waals surface area contributed by atoms with Gasteiger partial charge in [-0.25, -0.2) is 13.6 Å².